The first-order valence-corrected chi connectivity index (χ1v) is 8.75. The highest BCUT2D eigenvalue weighted by Gasteiger charge is 2.27. The molecule has 0 spiro atoms. The largest absolute Gasteiger partial charge is 0.312 e. The second-order valence-electron chi connectivity index (χ2n) is 6.24. The maximum Gasteiger partial charge on any atom is 0.303 e. The molecule has 7 heteroatoms. The average Bonchev–Trinajstić information content (AvgIpc) is 3.08. The molecule has 1 aliphatic rings. The predicted molar refractivity (Wildman–Crippen MR) is 97.2 cm³/mol. The molecular formula is C17H22N5OS+. The number of aryl methyl sites for hydroxylation is 1. The van der Waals surface area contributed by atoms with Crippen LogP contribution in [0.25, 0.3) is 11.3 Å². The van der Waals surface area contributed by atoms with Crippen LogP contribution in [0.4, 0.5) is 10.8 Å². The number of amides is 1. The van der Waals surface area contributed by atoms with Gasteiger partial charge in [-0.3, -0.25) is 4.79 Å². The van der Waals surface area contributed by atoms with Gasteiger partial charge in [0.15, 0.2) is 0 Å². The highest BCUT2D eigenvalue weighted by molar-refractivity contribution is 7.15. The normalized spacial score (nSPS) is 13.2. The molecule has 0 aliphatic carbocycles. The number of nitrogens with two attached hydrogens (primary N) is 2. The Morgan fingerprint density at radius 3 is 2.79 bits per heavy atom. The quantitative estimate of drug-likeness (QED) is 0.562. The van der Waals surface area contributed by atoms with Gasteiger partial charge in [0.05, 0.1) is 0 Å². The highest BCUT2D eigenvalue weighted by atomic mass is 32.1. The van der Waals surface area contributed by atoms with Gasteiger partial charge in [0, 0.05) is 28.6 Å². The number of carbonyl (C=O) groups is 1. The van der Waals surface area contributed by atoms with E-state index < -0.39 is 0 Å². The zero-order valence-electron chi connectivity index (χ0n) is 14.1. The third kappa shape index (κ3) is 2.99. The molecule has 2 aromatic rings. The van der Waals surface area contributed by atoms with E-state index in [-0.39, 0.29) is 17.8 Å². The van der Waals surface area contributed by atoms with E-state index in [1.54, 1.807) is 0 Å². The molecule has 0 unspecified atom stereocenters. The Bertz CT molecular complexity index is 820. The number of thiazole rings is 1. The van der Waals surface area contributed by atoms with Crippen LogP contribution in [-0.2, 0) is 11.2 Å². The zero-order valence-corrected chi connectivity index (χ0v) is 14.9. The number of anilines is 1. The Balaban J connectivity index is 1.95. The molecule has 6 nitrogen and oxygen atoms in total. The minimum atomic E-state index is 0.00279. The van der Waals surface area contributed by atoms with E-state index in [0.717, 1.165) is 34.8 Å². The molecule has 0 atom stereocenters. The highest BCUT2D eigenvalue weighted by Crippen LogP contribution is 2.35. The number of rotatable bonds is 3. The summed E-state index contributed by atoms with van der Waals surface area (Å²) >= 11 is 1.51. The number of nitrogens with one attached hydrogen (secondary N) is 1. The summed E-state index contributed by atoms with van der Waals surface area (Å²) in [6, 6.07) is 6.17. The standard InChI is InChI=1S/C17H21N5OS/c1-9(2)15(23)22-7-6-11-8-12(4-5-13(11)22)14-10(3)24-17(20-14)21-16(18)19/h4-5,8-9H,6-7H2,1-3H3,(H4,18,19,20,21)/p+1. The third-order valence-electron chi connectivity index (χ3n) is 4.06. The lowest BCUT2D eigenvalue weighted by atomic mass is 10.1. The molecule has 24 heavy (non-hydrogen) atoms. The molecule has 0 radical (unpaired) electrons. The van der Waals surface area contributed by atoms with Crippen molar-refractivity contribution in [2.45, 2.75) is 27.2 Å². The minimum absolute atomic E-state index is 0.00279. The lowest BCUT2D eigenvalue weighted by molar-refractivity contribution is -0.355. The summed E-state index contributed by atoms with van der Waals surface area (Å²) in [6.07, 6.45) is 0.874. The van der Waals surface area contributed by atoms with E-state index in [9.17, 15) is 4.79 Å². The molecule has 1 aromatic carbocycles. The van der Waals surface area contributed by atoms with Gasteiger partial charge in [0.25, 0.3) is 5.13 Å². The Kier molecular flexibility index (Phi) is 4.28. The third-order valence-corrected chi connectivity index (χ3v) is 4.94. The van der Waals surface area contributed by atoms with Crippen molar-refractivity contribution in [2.75, 3.05) is 11.4 Å². The minimum Gasteiger partial charge on any atom is -0.312 e. The van der Waals surface area contributed by atoms with Crippen LogP contribution in [0.5, 0.6) is 0 Å². The van der Waals surface area contributed by atoms with Crippen LogP contribution in [0.2, 0.25) is 0 Å². The number of aromatic nitrogens is 1. The van der Waals surface area contributed by atoms with E-state index in [1.165, 1.54) is 16.9 Å². The maximum atomic E-state index is 12.3. The van der Waals surface area contributed by atoms with Gasteiger partial charge in [-0.1, -0.05) is 25.2 Å². The van der Waals surface area contributed by atoms with Crippen molar-refractivity contribution in [3.05, 3.63) is 28.6 Å². The summed E-state index contributed by atoms with van der Waals surface area (Å²) in [5, 5.41) is 0.680. The SMILES string of the molecule is Cc1sc([NH+]=C(N)N)nc1-c1ccc2c(c1)CCN2C(=O)C(C)C. The number of hydrogen-bond acceptors (Lipinski definition) is 3. The summed E-state index contributed by atoms with van der Waals surface area (Å²) in [5.74, 6) is 0.307. The van der Waals surface area contributed by atoms with Crippen LogP contribution in [0.1, 0.15) is 24.3 Å². The molecule has 1 aliphatic heterocycles. The monoisotopic (exact) mass is 344 g/mol. The van der Waals surface area contributed by atoms with E-state index in [2.05, 4.69) is 16.0 Å². The maximum absolute atomic E-state index is 12.3. The van der Waals surface area contributed by atoms with Gasteiger partial charge >= 0.3 is 5.96 Å². The van der Waals surface area contributed by atoms with Crippen LogP contribution in [0, 0.1) is 12.8 Å². The molecule has 0 saturated heterocycles. The first-order valence-electron chi connectivity index (χ1n) is 7.94. The summed E-state index contributed by atoms with van der Waals surface area (Å²) < 4.78 is 0. The number of carbonyl (C=O) groups excluding carboxylic acids is 1. The molecule has 1 amide bonds. The van der Waals surface area contributed by atoms with E-state index >= 15 is 0 Å². The zero-order chi connectivity index (χ0) is 17.4. The molecule has 5 N–H and O–H groups in total. The number of fused-ring (bicyclic) bond motifs is 1. The van der Waals surface area contributed by atoms with Crippen molar-refractivity contribution in [1.82, 2.24) is 4.98 Å². The van der Waals surface area contributed by atoms with Crippen LogP contribution in [0.3, 0.4) is 0 Å². The van der Waals surface area contributed by atoms with Gasteiger partial charge in [-0.05, 0) is 37.1 Å². The molecule has 1 aromatic heterocycles. The Morgan fingerprint density at radius 1 is 1.38 bits per heavy atom. The Hall–Kier alpha value is -2.41. The molecule has 0 saturated carbocycles. The average molecular weight is 344 g/mol. The summed E-state index contributed by atoms with van der Waals surface area (Å²) in [7, 11) is 0. The van der Waals surface area contributed by atoms with Crippen LogP contribution < -0.4 is 21.4 Å². The number of benzene rings is 1. The number of guanidine groups is 1. The van der Waals surface area contributed by atoms with Gasteiger partial charge in [-0.2, -0.15) is 0 Å². The van der Waals surface area contributed by atoms with Crippen molar-refractivity contribution in [1.29, 1.82) is 0 Å². The second kappa shape index (κ2) is 6.24. The first kappa shape index (κ1) is 16.4. The van der Waals surface area contributed by atoms with Crippen molar-refractivity contribution in [3.63, 3.8) is 0 Å². The van der Waals surface area contributed by atoms with E-state index in [4.69, 9.17) is 11.5 Å². The van der Waals surface area contributed by atoms with E-state index in [1.807, 2.05) is 37.8 Å². The molecule has 3 rings (SSSR count). The molecular weight excluding hydrogens is 322 g/mol. The van der Waals surface area contributed by atoms with Gasteiger partial charge in [-0.15, -0.1) is 4.98 Å². The molecule has 2 heterocycles. The lowest BCUT2D eigenvalue weighted by Crippen LogP contribution is -2.72. The lowest BCUT2D eigenvalue weighted by Gasteiger charge is -2.19. The number of nitrogens with zero attached hydrogens (tertiary/aromatic N) is 2. The van der Waals surface area contributed by atoms with Crippen molar-refractivity contribution in [2.24, 2.45) is 17.4 Å². The molecule has 0 bridgehead atoms. The van der Waals surface area contributed by atoms with Crippen molar-refractivity contribution >= 4 is 34.0 Å². The van der Waals surface area contributed by atoms with Gasteiger partial charge in [0.2, 0.25) is 5.91 Å². The van der Waals surface area contributed by atoms with Crippen molar-refractivity contribution in [3.8, 4) is 11.3 Å². The molecule has 126 valence electrons. The smallest absolute Gasteiger partial charge is 0.303 e. The predicted octanol–water partition coefficient (Wildman–Crippen LogP) is 0.649. The van der Waals surface area contributed by atoms with Crippen molar-refractivity contribution < 1.29 is 9.79 Å². The second-order valence-corrected chi connectivity index (χ2v) is 7.45. The fraction of sp³-hybridized carbons (Fsp3) is 0.353. The summed E-state index contributed by atoms with van der Waals surface area (Å²) in [4.78, 5) is 22.7. The van der Waals surface area contributed by atoms with Crippen LogP contribution in [0.15, 0.2) is 18.2 Å². The van der Waals surface area contributed by atoms with Gasteiger partial charge < -0.3 is 16.4 Å². The van der Waals surface area contributed by atoms with Crippen LogP contribution >= 0.6 is 11.3 Å². The molecule has 0 fully saturated rings. The van der Waals surface area contributed by atoms with Crippen LogP contribution in [-0.4, -0.2) is 23.4 Å². The van der Waals surface area contributed by atoms with Gasteiger partial charge in [-0.25, -0.2) is 4.99 Å². The number of hydrogen-bond donors (Lipinski definition) is 3. The fourth-order valence-corrected chi connectivity index (χ4v) is 3.79. The van der Waals surface area contributed by atoms with Gasteiger partial charge in [0.1, 0.15) is 5.69 Å². The summed E-state index contributed by atoms with van der Waals surface area (Å²) in [5.41, 5.74) is 15.1. The Morgan fingerprint density at radius 2 is 2.12 bits per heavy atom. The van der Waals surface area contributed by atoms with E-state index in [0.29, 0.717) is 5.13 Å². The first-order chi connectivity index (χ1) is 11.4. The topological polar surface area (TPSA) is 99.2 Å². The Labute approximate surface area is 145 Å². The summed E-state index contributed by atoms with van der Waals surface area (Å²) in [6.45, 7) is 6.63. The fourth-order valence-electron chi connectivity index (χ4n) is 2.93.